The number of pyridine rings is 1. The molecular formula is C20H23N3O2S. The number of hydrogen-bond acceptors (Lipinski definition) is 4. The first-order valence-electron chi connectivity index (χ1n) is 8.72. The summed E-state index contributed by atoms with van der Waals surface area (Å²) in [6, 6.07) is 16.7. The van der Waals surface area contributed by atoms with Crippen LogP contribution in [0.15, 0.2) is 65.7 Å². The van der Waals surface area contributed by atoms with E-state index in [0.717, 1.165) is 35.2 Å². The van der Waals surface area contributed by atoms with Crippen molar-refractivity contribution in [2.75, 3.05) is 18.0 Å². The molecule has 0 aliphatic rings. The molecule has 0 atom stereocenters. The molecule has 1 N–H and O–H groups in total. The monoisotopic (exact) mass is 369 g/mol. The van der Waals surface area contributed by atoms with Crippen LogP contribution in [0, 0.1) is 0 Å². The van der Waals surface area contributed by atoms with Crippen molar-refractivity contribution in [2.24, 2.45) is 0 Å². The standard InChI is InChI=1S/C20H23N3O2S/c1-3-23(4-2)20-12-9-16(14-21-20)15-22-26(24,25)19-11-10-17-7-5-6-8-18(17)13-19/h5-14,22H,3-4,15H2,1-2H3. The van der Waals surface area contributed by atoms with Gasteiger partial charge in [-0.2, -0.15) is 0 Å². The van der Waals surface area contributed by atoms with Gasteiger partial charge >= 0.3 is 0 Å². The predicted molar refractivity (Wildman–Crippen MR) is 106 cm³/mol. The Bertz CT molecular complexity index is 981. The van der Waals surface area contributed by atoms with Gasteiger partial charge in [0.05, 0.1) is 4.90 Å². The van der Waals surface area contributed by atoms with Crippen LogP contribution in [0.5, 0.6) is 0 Å². The van der Waals surface area contributed by atoms with Crippen molar-refractivity contribution >= 4 is 26.6 Å². The van der Waals surface area contributed by atoms with Crippen LogP contribution in [-0.2, 0) is 16.6 Å². The second kappa shape index (κ2) is 7.85. The number of benzene rings is 2. The van der Waals surface area contributed by atoms with E-state index in [4.69, 9.17) is 0 Å². The predicted octanol–water partition coefficient (Wildman–Crippen LogP) is 3.56. The van der Waals surface area contributed by atoms with Crippen molar-refractivity contribution < 1.29 is 8.42 Å². The number of rotatable bonds is 7. The van der Waals surface area contributed by atoms with E-state index in [1.54, 1.807) is 18.3 Å². The number of hydrogen-bond donors (Lipinski definition) is 1. The fourth-order valence-electron chi connectivity index (χ4n) is 2.85. The lowest BCUT2D eigenvalue weighted by Crippen LogP contribution is -2.24. The second-order valence-electron chi connectivity index (χ2n) is 6.03. The summed E-state index contributed by atoms with van der Waals surface area (Å²) in [6.45, 7) is 6.14. The van der Waals surface area contributed by atoms with Crippen molar-refractivity contribution in [1.29, 1.82) is 0 Å². The lowest BCUT2D eigenvalue weighted by molar-refractivity contribution is 0.581. The third-order valence-electron chi connectivity index (χ3n) is 4.39. The van der Waals surface area contributed by atoms with E-state index in [2.05, 4.69) is 28.5 Å². The molecule has 0 saturated heterocycles. The smallest absolute Gasteiger partial charge is 0.240 e. The molecule has 0 unspecified atom stereocenters. The molecule has 0 aliphatic carbocycles. The highest BCUT2D eigenvalue weighted by Crippen LogP contribution is 2.19. The Morgan fingerprint density at radius 2 is 1.69 bits per heavy atom. The molecule has 3 rings (SSSR count). The highest BCUT2D eigenvalue weighted by Gasteiger charge is 2.14. The van der Waals surface area contributed by atoms with Crippen LogP contribution in [0.1, 0.15) is 19.4 Å². The summed E-state index contributed by atoms with van der Waals surface area (Å²) in [6.07, 6.45) is 1.72. The van der Waals surface area contributed by atoms with Crippen molar-refractivity contribution in [3.8, 4) is 0 Å². The van der Waals surface area contributed by atoms with Gasteiger partial charge in [0.15, 0.2) is 0 Å². The molecule has 6 heteroatoms. The summed E-state index contributed by atoms with van der Waals surface area (Å²) in [7, 11) is -3.57. The van der Waals surface area contributed by atoms with Gasteiger partial charge in [-0.05, 0) is 48.4 Å². The Hall–Kier alpha value is -2.44. The van der Waals surface area contributed by atoms with Gasteiger partial charge in [-0.1, -0.05) is 36.4 Å². The summed E-state index contributed by atoms with van der Waals surface area (Å²) in [5.74, 6) is 0.899. The van der Waals surface area contributed by atoms with Gasteiger partial charge < -0.3 is 4.90 Å². The van der Waals surface area contributed by atoms with Crippen LogP contribution in [0.2, 0.25) is 0 Å². The fraction of sp³-hybridized carbons (Fsp3) is 0.250. The summed E-state index contributed by atoms with van der Waals surface area (Å²) >= 11 is 0. The molecule has 136 valence electrons. The van der Waals surface area contributed by atoms with Gasteiger partial charge in [-0.3, -0.25) is 0 Å². The molecule has 1 heterocycles. The Balaban J connectivity index is 1.73. The third kappa shape index (κ3) is 4.03. The quantitative estimate of drug-likeness (QED) is 0.692. The Morgan fingerprint density at radius 1 is 0.962 bits per heavy atom. The molecule has 2 aromatic carbocycles. The molecular weight excluding hydrogens is 346 g/mol. The van der Waals surface area contributed by atoms with Crippen molar-refractivity contribution in [3.05, 3.63) is 66.4 Å². The highest BCUT2D eigenvalue weighted by atomic mass is 32.2. The highest BCUT2D eigenvalue weighted by molar-refractivity contribution is 7.89. The SMILES string of the molecule is CCN(CC)c1ccc(CNS(=O)(=O)c2ccc3ccccc3c2)cn1. The normalized spacial score (nSPS) is 11.6. The number of nitrogens with zero attached hydrogens (tertiary/aromatic N) is 2. The Kier molecular flexibility index (Phi) is 5.54. The fourth-order valence-corrected chi connectivity index (χ4v) is 3.90. The molecule has 0 radical (unpaired) electrons. The molecule has 1 aromatic heterocycles. The first-order chi connectivity index (χ1) is 12.5. The molecule has 0 spiro atoms. The van der Waals surface area contributed by atoms with Crippen LogP contribution < -0.4 is 9.62 Å². The van der Waals surface area contributed by atoms with E-state index in [0.29, 0.717) is 0 Å². The minimum Gasteiger partial charge on any atom is -0.357 e. The maximum Gasteiger partial charge on any atom is 0.240 e. The van der Waals surface area contributed by atoms with Gasteiger partial charge in [0.25, 0.3) is 0 Å². The van der Waals surface area contributed by atoms with Gasteiger partial charge in [-0.25, -0.2) is 18.1 Å². The second-order valence-corrected chi connectivity index (χ2v) is 7.80. The summed E-state index contributed by atoms with van der Waals surface area (Å²) in [4.78, 5) is 6.84. The van der Waals surface area contributed by atoms with E-state index >= 15 is 0 Å². The first kappa shape index (κ1) is 18.4. The maximum atomic E-state index is 12.6. The van der Waals surface area contributed by atoms with E-state index < -0.39 is 10.0 Å². The molecule has 3 aromatic rings. The lowest BCUT2D eigenvalue weighted by Gasteiger charge is -2.19. The van der Waals surface area contributed by atoms with Gasteiger partial charge in [0.1, 0.15) is 5.82 Å². The zero-order valence-corrected chi connectivity index (χ0v) is 15.8. The Labute approximate surface area is 154 Å². The molecule has 0 bridgehead atoms. The lowest BCUT2D eigenvalue weighted by atomic mass is 10.1. The first-order valence-corrected chi connectivity index (χ1v) is 10.2. The average Bonchev–Trinajstić information content (AvgIpc) is 2.68. The minimum absolute atomic E-state index is 0.209. The number of fused-ring (bicyclic) bond motifs is 1. The molecule has 0 fully saturated rings. The number of anilines is 1. The molecule has 26 heavy (non-hydrogen) atoms. The molecule has 0 amide bonds. The summed E-state index contributed by atoms with van der Waals surface area (Å²) in [5.41, 5.74) is 0.824. The molecule has 0 saturated carbocycles. The van der Waals surface area contributed by atoms with Gasteiger partial charge in [0, 0.05) is 25.8 Å². The van der Waals surface area contributed by atoms with Crippen LogP contribution in [0.25, 0.3) is 10.8 Å². The van der Waals surface area contributed by atoms with Crippen molar-refractivity contribution in [2.45, 2.75) is 25.3 Å². The average molecular weight is 369 g/mol. The van der Waals surface area contributed by atoms with Crippen molar-refractivity contribution in [3.63, 3.8) is 0 Å². The minimum atomic E-state index is -3.57. The van der Waals surface area contributed by atoms with Crippen LogP contribution in [0.3, 0.4) is 0 Å². The van der Waals surface area contributed by atoms with Crippen LogP contribution in [-0.4, -0.2) is 26.5 Å². The molecule has 5 nitrogen and oxygen atoms in total. The van der Waals surface area contributed by atoms with Gasteiger partial charge in [-0.15, -0.1) is 0 Å². The maximum absolute atomic E-state index is 12.6. The van der Waals surface area contributed by atoms with Crippen molar-refractivity contribution in [1.82, 2.24) is 9.71 Å². The Morgan fingerprint density at radius 3 is 2.35 bits per heavy atom. The number of nitrogens with one attached hydrogen (secondary N) is 1. The van der Waals surface area contributed by atoms with Crippen LogP contribution in [0.4, 0.5) is 5.82 Å². The number of aromatic nitrogens is 1. The zero-order valence-electron chi connectivity index (χ0n) is 15.0. The summed E-state index contributed by atoms with van der Waals surface area (Å²) in [5, 5.41) is 1.92. The molecule has 0 aliphatic heterocycles. The summed E-state index contributed by atoms with van der Waals surface area (Å²) < 4.78 is 27.8. The van der Waals surface area contributed by atoms with E-state index in [1.807, 2.05) is 42.5 Å². The third-order valence-corrected chi connectivity index (χ3v) is 5.79. The van der Waals surface area contributed by atoms with Gasteiger partial charge in [0.2, 0.25) is 10.0 Å². The van der Waals surface area contributed by atoms with E-state index in [1.165, 1.54) is 0 Å². The van der Waals surface area contributed by atoms with E-state index in [-0.39, 0.29) is 11.4 Å². The zero-order chi connectivity index (χ0) is 18.6. The number of sulfonamides is 1. The topological polar surface area (TPSA) is 62.3 Å². The largest absolute Gasteiger partial charge is 0.357 e. The van der Waals surface area contributed by atoms with E-state index in [9.17, 15) is 8.42 Å². The van der Waals surface area contributed by atoms with Crippen LogP contribution >= 0.6 is 0 Å².